The highest BCUT2D eigenvalue weighted by Gasteiger charge is 2.18. The van der Waals surface area contributed by atoms with Gasteiger partial charge in [0.15, 0.2) is 0 Å². The molecule has 49 heavy (non-hydrogen) atoms. The normalized spacial score (nSPS) is 13.5. The Morgan fingerprint density at radius 1 is 0.510 bits per heavy atom. The topological polar surface area (TPSA) is 30.7 Å². The van der Waals surface area contributed by atoms with Crippen molar-refractivity contribution >= 4 is 32.6 Å². The molecule has 0 unspecified atom stereocenters. The number of benzene rings is 7. The van der Waals surface area contributed by atoms with E-state index in [1.165, 1.54) is 16.3 Å². The number of fused-ring (bicyclic) bond motifs is 3. The minimum Gasteiger partial charge on any atom is -0.296 e. The molecule has 2 heterocycles. The van der Waals surface area contributed by atoms with Crippen molar-refractivity contribution in [1.82, 2.24) is 14.5 Å². The minimum absolute atomic E-state index is 0.155. The Labute approximate surface area is 292 Å². The third-order valence-corrected chi connectivity index (χ3v) is 9.42. The second-order valence-electron chi connectivity index (χ2n) is 12.1. The number of aromatic nitrogens is 3. The fourth-order valence-corrected chi connectivity index (χ4v) is 7.21. The second kappa shape index (κ2) is 12.0. The molecule has 7 aromatic carbocycles. The van der Waals surface area contributed by atoms with E-state index in [1.807, 2.05) is 67.0 Å². The maximum atomic E-state index is 8.71. The van der Waals surface area contributed by atoms with Gasteiger partial charge in [0.1, 0.15) is 5.82 Å². The van der Waals surface area contributed by atoms with E-state index in [4.69, 9.17) is 6.85 Å². The van der Waals surface area contributed by atoms with Gasteiger partial charge in [-0.3, -0.25) is 9.55 Å². The molecular weight excluding hydrogens is 595 g/mol. The molecule has 0 fully saturated rings. The number of aryl methyl sites for hydroxylation is 1. The molecule has 0 aliphatic carbocycles. The number of pyridine rings is 1. The van der Waals surface area contributed by atoms with Crippen molar-refractivity contribution in [2.75, 3.05) is 0 Å². The van der Waals surface area contributed by atoms with Crippen LogP contribution in [0.5, 0.6) is 0 Å². The summed E-state index contributed by atoms with van der Waals surface area (Å²) in [5, 5.41) is 4.64. The number of hydrogen-bond donors (Lipinski definition) is 0. The average Bonchev–Trinajstić information content (AvgIpc) is 3.60. The van der Waals surface area contributed by atoms with Crippen molar-refractivity contribution in [3.05, 3.63) is 176 Å². The van der Waals surface area contributed by atoms with Gasteiger partial charge in [0.2, 0.25) is 0 Å². The van der Waals surface area contributed by atoms with Gasteiger partial charge in [0.25, 0.3) is 0 Å². The Kier molecular flexibility index (Phi) is 5.88. The summed E-state index contributed by atoms with van der Waals surface area (Å²) in [6, 6.07) is 53.4. The van der Waals surface area contributed by atoms with Crippen molar-refractivity contribution in [2.24, 2.45) is 0 Å². The molecule has 0 N–H and O–H groups in total. The summed E-state index contributed by atoms with van der Waals surface area (Å²) in [5.41, 5.74) is 10.4. The smallest absolute Gasteiger partial charge is 0.114 e. The monoisotopic (exact) mass is 632 g/mol. The van der Waals surface area contributed by atoms with Gasteiger partial charge in [-0.25, -0.2) is 4.98 Å². The van der Waals surface area contributed by atoms with Crippen LogP contribution in [0.2, 0.25) is 0 Å². The highest BCUT2D eigenvalue weighted by atomic mass is 15.1. The van der Waals surface area contributed by atoms with Gasteiger partial charge in [-0.1, -0.05) is 134 Å². The largest absolute Gasteiger partial charge is 0.296 e. The predicted molar refractivity (Wildman–Crippen MR) is 205 cm³/mol. The van der Waals surface area contributed by atoms with Crippen molar-refractivity contribution < 1.29 is 6.85 Å². The molecule has 3 nitrogen and oxygen atoms in total. The SMILES string of the molecule is [2H]C([2H])([2H])C([2H])([2H])c1nc2ccccc2n1-c1ccccc1-c1ccc(-c2c3ccccc3c(-c3ccc(-c4ccncc4)cc3)c3ccccc23)cc1. The summed E-state index contributed by atoms with van der Waals surface area (Å²) in [6.45, 7) is -2.92. The van der Waals surface area contributed by atoms with Crippen molar-refractivity contribution in [1.29, 1.82) is 0 Å². The van der Waals surface area contributed by atoms with Crippen LogP contribution in [0.1, 0.15) is 19.5 Å². The Bertz CT molecular complexity index is 2770. The quantitative estimate of drug-likeness (QED) is 0.171. The zero-order valence-electron chi connectivity index (χ0n) is 31.5. The zero-order chi connectivity index (χ0) is 37.0. The minimum atomic E-state index is -2.92. The van der Waals surface area contributed by atoms with E-state index in [2.05, 4.69) is 107 Å². The van der Waals surface area contributed by atoms with Crippen LogP contribution < -0.4 is 0 Å². The maximum Gasteiger partial charge on any atom is 0.114 e. The molecule has 0 spiro atoms. The molecule has 9 aromatic rings. The summed E-state index contributed by atoms with van der Waals surface area (Å²) in [4.78, 5) is 8.71. The van der Waals surface area contributed by atoms with Crippen LogP contribution in [0.15, 0.2) is 170 Å². The van der Waals surface area contributed by atoms with Gasteiger partial charge in [-0.15, -0.1) is 0 Å². The first-order valence-electron chi connectivity index (χ1n) is 18.8. The Hall–Kier alpha value is -6.32. The molecule has 232 valence electrons. The van der Waals surface area contributed by atoms with Gasteiger partial charge in [0, 0.05) is 31.2 Å². The van der Waals surface area contributed by atoms with Crippen molar-refractivity contribution in [3.8, 4) is 50.2 Å². The van der Waals surface area contributed by atoms with Crippen LogP contribution in [0.4, 0.5) is 0 Å². The van der Waals surface area contributed by atoms with Crippen LogP contribution in [-0.4, -0.2) is 14.5 Å². The van der Waals surface area contributed by atoms with E-state index >= 15 is 0 Å². The van der Waals surface area contributed by atoms with Gasteiger partial charge < -0.3 is 0 Å². The molecule has 0 radical (unpaired) electrons. The number of nitrogens with zero attached hydrogens (tertiary/aromatic N) is 3. The number of para-hydroxylation sites is 3. The third kappa shape index (κ3) is 4.90. The molecule has 0 aliphatic heterocycles. The molecule has 0 atom stereocenters. The zero-order valence-corrected chi connectivity index (χ0v) is 26.5. The van der Waals surface area contributed by atoms with Crippen LogP contribution in [0.3, 0.4) is 0 Å². The lowest BCUT2D eigenvalue weighted by Crippen LogP contribution is -2.02. The van der Waals surface area contributed by atoms with Gasteiger partial charge >= 0.3 is 0 Å². The van der Waals surface area contributed by atoms with E-state index in [9.17, 15) is 0 Å². The van der Waals surface area contributed by atoms with Crippen LogP contribution in [-0.2, 0) is 6.37 Å². The Balaban J connectivity index is 1.18. The van der Waals surface area contributed by atoms with E-state index in [0.717, 1.165) is 49.7 Å². The number of imidazole rings is 1. The lowest BCUT2D eigenvalue weighted by Gasteiger charge is -2.18. The third-order valence-electron chi connectivity index (χ3n) is 9.42. The summed E-state index contributed by atoms with van der Waals surface area (Å²) >= 11 is 0. The van der Waals surface area contributed by atoms with E-state index < -0.39 is 13.2 Å². The van der Waals surface area contributed by atoms with E-state index in [0.29, 0.717) is 16.7 Å². The van der Waals surface area contributed by atoms with Crippen LogP contribution in [0, 0.1) is 0 Å². The Morgan fingerprint density at radius 3 is 1.61 bits per heavy atom. The number of hydrogen-bond acceptors (Lipinski definition) is 2. The van der Waals surface area contributed by atoms with E-state index in [-0.39, 0.29) is 5.82 Å². The molecule has 3 heteroatoms. The molecule has 9 rings (SSSR count). The molecule has 0 aliphatic rings. The first kappa shape index (κ1) is 23.9. The fourth-order valence-electron chi connectivity index (χ4n) is 7.21. The highest BCUT2D eigenvalue weighted by Crippen LogP contribution is 2.44. The summed E-state index contributed by atoms with van der Waals surface area (Å²) in [7, 11) is 0. The molecular formula is C46H33N3. The van der Waals surface area contributed by atoms with Crippen LogP contribution >= 0.6 is 0 Å². The molecule has 2 aromatic heterocycles. The van der Waals surface area contributed by atoms with Gasteiger partial charge in [-0.05, 0) is 90.8 Å². The maximum absolute atomic E-state index is 8.71. The van der Waals surface area contributed by atoms with Gasteiger partial charge in [0.05, 0.1) is 16.7 Å². The van der Waals surface area contributed by atoms with E-state index in [1.54, 1.807) is 10.6 Å². The van der Waals surface area contributed by atoms with Crippen molar-refractivity contribution in [2.45, 2.75) is 13.2 Å². The first-order chi connectivity index (χ1) is 26.2. The van der Waals surface area contributed by atoms with Crippen LogP contribution in [0.25, 0.3) is 82.8 Å². The standard InChI is InChI=1S/C46H33N3/c1-2-44-48-41-16-8-10-18-43(41)49(44)42-17-9-7-11-36(42)33-21-25-35(26-22-33)46-39-14-5-3-12-37(39)45(38-13-4-6-15-40(38)46)34-23-19-31(20-24-34)32-27-29-47-30-28-32/h3-30H,2H2,1H3/i1D3,2D2. The second-order valence-corrected chi connectivity index (χ2v) is 12.1. The summed E-state index contributed by atoms with van der Waals surface area (Å²) < 4.78 is 43.2. The lowest BCUT2D eigenvalue weighted by atomic mass is 9.85. The highest BCUT2D eigenvalue weighted by molar-refractivity contribution is 6.21. The first-order valence-corrected chi connectivity index (χ1v) is 16.3. The fraction of sp³-hybridized carbons (Fsp3) is 0.0435. The molecule has 0 amide bonds. The summed E-state index contributed by atoms with van der Waals surface area (Å²) in [5.74, 6) is -0.155. The molecule has 0 saturated carbocycles. The average molecular weight is 633 g/mol. The molecule has 0 saturated heterocycles. The number of rotatable bonds is 6. The summed E-state index contributed by atoms with van der Waals surface area (Å²) in [6.07, 6.45) is 0.935. The van der Waals surface area contributed by atoms with Gasteiger partial charge in [-0.2, -0.15) is 0 Å². The Morgan fingerprint density at radius 2 is 1.00 bits per heavy atom. The lowest BCUT2D eigenvalue weighted by molar-refractivity contribution is 0.909. The predicted octanol–water partition coefficient (Wildman–Crippen LogP) is 12.0. The van der Waals surface area contributed by atoms with Crippen molar-refractivity contribution in [3.63, 3.8) is 0 Å². The molecule has 0 bridgehead atoms.